The SMILES string of the molecule is CCCCNC(=O)c1nc(-c2cc(F)ccc2C)n(CCC2CCCCC2)c1C. The molecule has 1 aliphatic rings. The maximum Gasteiger partial charge on any atom is 0.271 e. The molecule has 0 aliphatic heterocycles. The number of rotatable bonds is 8. The number of aromatic nitrogens is 2. The van der Waals surface area contributed by atoms with Gasteiger partial charge in [0.1, 0.15) is 17.3 Å². The molecule has 0 radical (unpaired) electrons. The van der Waals surface area contributed by atoms with E-state index >= 15 is 0 Å². The molecule has 5 heteroatoms. The van der Waals surface area contributed by atoms with Gasteiger partial charge in [-0.15, -0.1) is 0 Å². The van der Waals surface area contributed by atoms with Gasteiger partial charge >= 0.3 is 0 Å². The highest BCUT2D eigenvalue weighted by Crippen LogP contribution is 2.30. The fourth-order valence-electron chi connectivity index (χ4n) is 4.31. The normalized spacial score (nSPS) is 14.9. The molecule has 0 saturated heterocycles. The molecule has 1 heterocycles. The Bertz CT molecular complexity index is 837. The van der Waals surface area contributed by atoms with Gasteiger partial charge in [-0.1, -0.05) is 51.5 Å². The van der Waals surface area contributed by atoms with Gasteiger partial charge in [-0.2, -0.15) is 0 Å². The number of hydrogen-bond acceptors (Lipinski definition) is 2. The molecule has 1 aromatic heterocycles. The van der Waals surface area contributed by atoms with Crippen LogP contribution in [0.2, 0.25) is 0 Å². The first-order valence-corrected chi connectivity index (χ1v) is 11.1. The maximum absolute atomic E-state index is 14.0. The zero-order valence-electron chi connectivity index (χ0n) is 18.1. The maximum atomic E-state index is 14.0. The van der Waals surface area contributed by atoms with E-state index < -0.39 is 0 Å². The highest BCUT2D eigenvalue weighted by Gasteiger charge is 2.23. The lowest BCUT2D eigenvalue weighted by atomic mass is 9.87. The molecule has 1 aromatic carbocycles. The van der Waals surface area contributed by atoms with Crippen LogP contribution < -0.4 is 5.32 Å². The average molecular weight is 400 g/mol. The predicted molar refractivity (Wildman–Crippen MR) is 116 cm³/mol. The monoisotopic (exact) mass is 399 g/mol. The van der Waals surface area contributed by atoms with Crippen molar-refractivity contribution in [3.05, 3.63) is 41.0 Å². The summed E-state index contributed by atoms with van der Waals surface area (Å²) < 4.78 is 16.1. The number of benzene rings is 1. The first kappa shape index (κ1) is 21.5. The molecule has 1 fully saturated rings. The Hall–Kier alpha value is -2.17. The van der Waals surface area contributed by atoms with Gasteiger partial charge in [0.2, 0.25) is 0 Å². The number of carbonyl (C=O) groups is 1. The number of carbonyl (C=O) groups excluding carboxylic acids is 1. The molecule has 4 nitrogen and oxygen atoms in total. The number of imidazole rings is 1. The quantitative estimate of drug-likeness (QED) is 0.570. The second kappa shape index (κ2) is 10.0. The molecule has 1 N–H and O–H groups in total. The number of unbranched alkanes of at least 4 members (excludes halogenated alkanes) is 1. The molecule has 0 bridgehead atoms. The lowest BCUT2D eigenvalue weighted by Crippen LogP contribution is -2.25. The van der Waals surface area contributed by atoms with Crippen molar-refractivity contribution in [1.82, 2.24) is 14.9 Å². The van der Waals surface area contributed by atoms with Crippen molar-refractivity contribution in [2.75, 3.05) is 6.54 Å². The van der Waals surface area contributed by atoms with Gasteiger partial charge in [-0.25, -0.2) is 9.37 Å². The molecule has 158 valence electrons. The Morgan fingerprint density at radius 2 is 2.00 bits per heavy atom. The van der Waals surface area contributed by atoms with E-state index in [9.17, 15) is 9.18 Å². The summed E-state index contributed by atoms with van der Waals surface area (Å²) in [5.41, 5.74) is 3.06. The predicted octanol–water partition coefficient (Wildman–Crippen LogP) is 5.81. The van der Waals surface area contributed by atoms with Crippen LogP contribution in [0.25, 0.3) is 11.4 Å². The molecule has 1 saturated carbocycles. The molecule has 0 unspecified atom stereocenters. The summed E-state index contributed by atoms with van der Waals surface area (Å²) in [7, 11) is 0. The zero-order valence-corrected chi connectivity index (χ0v) is 18.1. The fraction of sp³-hybridized carbons (Fsp3) is 0.583. The zero-order chi connectivity index (χ0) is 20.8. The highest BCUT2D eigenvalue weighted by atomic mass is 19.1. The average Bonchev–Trinajstić information content (AvgIpc) is 3.05. The molecule has 3 rings (SSSR count). The van der Waals surface area contributed by atoms with Crippen LogP contribution in [0, 0.1) is 25.6 Å². The van der Waals surface area contributed by atoms with E-state index in [2.05, 4.69) is 16.8 Å². The summed E-state index contributed by atoms with van der Waals surface area (Å²) in [6, 6.07) is 4.79. The smallest absolute Gasteiger partial charge is 0.271 e. The van der Waals surface area contributed by atoms with Crippen molar-refractivity contribution < 1.29 is 9.18 Å². The minimum atomic E-state index is -0.279. The Labute approximate surface area is 173 Å². The van der Waals surface area contributed by atoms with Gasteiger partial charge in [0.05, 0.1) is 0 Å². The molecular formula is C24H34FN3O. The molecule has 0 atom stereocenters. The number of amides is 1. The van der Waals surface area contributed by atoms with Crippen molar-refractivity contribution in [3.63, 3.8) is 0 Å². The van der Waals surface area contributed by atoms with Gasteiger partial charge < -0.3 is 9.88 Å². The van der Waals surface area contributed by atoms with Crippen molar-refractivity contribution in [2.45, 2.75) is 78.7 Å². The standard InChI is InChI=1S/C24H34FN3O/c1-4-5-14-26-24(29)22-18(3)28(15-13-19-9-7-6-8-10-19)23(27-22)21-16-20(25)12-11-17(21)2/h11-12,16,19H,4-10,13-15H2,1-3H3,(H,26,29). The van der Waals surface area contributed by atoms with E-state index in [-0.39, 0.29) is 11.7 Å². The number of hydrogen-bond donors (Lipinski definition) is 1. The van der Waals surface area contributed by atoms with Crippen LogP contribution in [0.5, 0.6) is 0 Å². The van der Waals surface area contributed by atoms with Crippen LogP contribution in [0.3, 0.4) is 0 Å². The van der Waals surface area contributed by atoms with E-state index in [1.807, 2.05) is 13.8 Å². The first-order valence-electron chi connectivity index (χ1n) is 11.1. The van der Waals surface area contributed by atoms with Gasteiger partial charge in [0, 0.05) is 24.3 Å². The van der Waals surface area contributed by atoms with Crippen LogP contribution in [0.15, 0.2) is 18.2 Å². The number of aryl methyl sites for hydroxylation is 1. The van der Waals surface area contributed by atoms with Crippen LogP contribution in [0.4, 0.5) is 4.39 Å². The minimum Gasteiger partial charge on any atom is -0.351 e. The third kappa shape index (κ3) is 5.26. The van der Waals surface area contributed by atoms with Crippen LogP contribution in [-0.2, 0) is 6.54 Å². The van der Waals surface area contributed by atoms with Gasteiger partial charge in [0.15, 0.2) is 0 Å². The lowest BCUT2D eigenvalue weighted by Gasteiger charge is -2.22. The van der Waals surface area contributed by atoms with Crippen molar-refractivity contribution in [3.8, 4) is 11.4 Å². The second-order valence-corrected chi connectivity index (χ2v) is 8.38. The molecule has 1 aliphatic carbocycles. The van der Waals surface area contributed by atoms with E-state index in [4.69, 9.17) is 4.98 Å². The summed E-state index contributed by atoms with van der Waals surface area (Å²) in [5, 5.41) is 2.98. The van der Waals surface area contributed by atoms with E-state index in [1.54, 1.807) is 6.07 Å². The molecule has 0 spiro atoms. The highest BCUT2D eigenvalue weighted by molar-refractivity contribution is 5.94. The number of nitrogens with zero attached hydrogens (tertiary/aromatic N) is 2. The molecule has 2 aromatic rings. The van der Waals surface area contributed by atoms with E-state index in [1.165, 1.54) is 44.2 Å². The Morgan fingerprint density at radius 3 is 2.72 bits per heavy atom. The van der Waals surface area contributed by atoms with Crippen LogP contribution in [0.1, 0.15) is 80.0 Å². The van der Waals surface area contributed by atoms with Gasteiger partial charge in [-0.05, 0) is 50.3 Å². The Morgan fingerprint density at radius 1 is 1.24 bits per heavy atom. The topological polar surface area (TPSA) is 46.9 Å². The molecule has 1 amide bonds. The number of halogens is 1. The fourth-order valence-corrected chi connectivity index (χ4v) is 4.31. The van der Waals surface area contributed by atoms with E-state index in [0.717, 1.165) is 48.5 Å². The molecule has 29 heavy (non-hydrogen) atoms. The van der Waals surface area contributed by atoms with E-state index in [0.29, 0.717) is 18.1 Å². The summed E-state index contributed by atoms with van der Waals surface area (Å²) in [4.78, 5) is 17.4. The van der Waals surface area contributed by atoms with Crippen LogP contribution in [-0.4, -0.2) is 22.0 Å². The van der Waals surface area contributed by atoms with Crippen molar-refractivity contribution in [2.24, 2.45) is 5.92 Å². The number of nitrogens with one attached hydrogen (secondary N) is 1. The van der Waals surface area contributed by atoms with Crippen molar-refractivity contribution in [1.29, 1.82) is 0 Å². The Balaban J connectivity index is 1.92. The van der Waals surface area contributed by atoms with Crippen LogP contribution >= 0.6 is 0 Å². The van der Waals surface area contributed by atoms with Gasteiger partial charge in [-0.3, -0.25) is 4.79 Å². The summed E-state index contributed by atoms with van der Waals surface area (Å²) in [6.07, 6.45) is 9.60. The summed E-state index contributed by atoms with van der Waals surface area (Å²) in [6.45, 7) is 7.49. The third-order valence-electron chi connectivity index (χ3n) is 6.18. The van der Waals surface area contributed by atoms with Crippen molar-refractivity contribution >= 4 is 5.91 Å². The second-order valence-electron chi connectivity index (χ2n) is 8.38. The Kier molecular flexibility index (Phi) is 7.45. The molecular weight excluding hydrogens is 365 g/mol. The summed E-state index contributed by atoms with van der Waals surface area (Å²) in [5.74, 6) is 1.02. The first-order chi connectivity index (χ1) is 14.0. The minimum absolute atomic E-state index is 0.136. The largest absolute Gasteiger partial charge is 0.351 e. The lowest BCUT2D eigenvalue weighted by molar-refractivity contribution is 0.0948. The third-order valence-corrected chi connectivity index (χ3v) is 6.18. The summed E-state index contributed by atoms with van der Waals surface area (Å²) >= 11 is 0. The van der Waals surface area contributed by atoms with Gasteiger partial charge in [0.25, 0.3) is 5.91 Å².